The molecule has 1 heterocycles. The normalized spacial score (nSPS) is 14.8. The molecule has 2 unspecified atom stereocenters. The van der Waals surface area contributed by atoms with E-state index in [1.807, 2.05) is 0 Å². The van der Waals surface area contributed by atoms with Crippen LogP contribution in [0.25, 0.3) is 0 Å². The zero-order valence-corrected chi connectivity index (χ0v) is 19.5. The second-order valence-corrected chi connectivity index (χ2v) is 8.37. The van der Waals surface area contributed by atoms with E-state index in [1.54, 1.807) is 13.8 Å². The molecule has 33 heavy (non-hydrogen) atoms. The molecule has 0 aliphatic carbocycles. The van der Waals surface area contributed by atoms with Crippen molar-refractivity contribution in [2.75, 3.05) is 13.1 Å². The second kappa shape index (κ2) is 14.0. The third-order valence-electron chi connectivity index (χ3n) is 5.23. The Hall–Kier alpha value is -3.24. The number of primary amides is 1. The number of unbranched alkanes of at least 4 members (excludes halogenated alkanes) is 2. The van der Waals surface area contributed by atoms with E-state index < -0.39 is 24.0 Å². The fourth-order valence-electron chi connectivity index (χ4n) is 3.32. The Balaban J connectivity index is 2.43. The van der Waals surface area contributed by atoms with Gasteiger partial charge in [0.1, 0.15) is 6.04 Å². The minimum absolute atomic E-state index is 0.197. The minimum Gasteiger partial charge on any atom is -0.352 e. The van der Waals surface area contributed by atoms with Crippen molar-refractivity contribution in [1.82, 2.24) is 20.9 Å². The first-order valence-corrected chi connectivity index (χ1v) is 11.2. The van der Waals surface area contributed by atoms with Gasteiger partial charge in [0.15, 0.2) is 5.78 Å². The number of carbonyl (C=O) groups is 6. The third-order valence-corrected chi connectivity index (χ3v) is 5.23. The standard InChI is InChI=1S/C22H35N5O6/c1-14(2)20(21(32)25-16(15(3)28)8-7-12-24-22(23)33)26-17(29)9-5-4-6-13-27-18(30)10-11-19(27)31/h10-11,14,16,20H,4-9,12-13H2,1-3H3,(H,25,32)(H,26,29)(H3,23,24,33). The van der Waals surface area contributed by atoms with Crippen molar-refractivity contribution < 1.29 is 28.8 Å². The highest BCUT2D eigenvalue weighted by molar-refractivity contribution is 6.12. The van der Waals surface area contributed by atoms with E-state index in [-0.39, 0.29) is 42.4 Å². The van der Waals surface area contributed by atoms with Gasteiger partial charge in [-0.25, -0.2) is 4.79 Å². The average molecular weight is 466 g/mol. The molecule has 0 aromatic rings. The number of rotatable bonds is 15. The van der Waals surface area contributed by atoms with Crippen LogP contribution >= 0.6 is 0 Å². The number of Topliss-reactive ketones (excluding diaryl/α,β-unsaturated/α-hetero) is 1. The maximum Gasteiger partial charge on any atom is 0.312 e. The molecule has 0 aromatic heterocycles. The number of ketones is 1. The van der Waals surface area contributed by atoms with Gasteiger partial charge in [0, 0.05) is 31.7 Å². The first-order chi connectivity index (χ1) is 15.5. The summed E-state index contributed by atoms with van der Waals surface area (Å²) in [4.78, 5) is 71.8. The molecule has 0 radical (unpaired) electrons. The van der Waals surface area contributed by atoms with E-state index in [4.69, 9.17) is 5.73 Å². The first-order valence-electron chi connectivity index (χ1n) is 11.2. The Morgan fingerprint density at radius 1 is 0.970 bits per heavy atom. The Bertz CT molecular complexity index is 761. The van der Waals surface area contributed by atoms with Crippen LogP contribution in [0.15, 0.2) is 12.2 Å². The van der Waals surface area contributed by atoms with Gasteiger partial charge < -0.3 is 21.7 Å². The molecule has 0 saturated heterocycles. The fraction of sp³-hybridized carbons (Fsp3) is 0.636. The predicted octanol–water partition coefficient (Wildman–Crippen LogP) is 0.135. The number of amides is 6. The molecule has 5 N–H and O–H groups in total. The summed E-state index contributed by atoms with van der Waals surface area (Å²) in [6.45, 7) is 5.56. The van der Waals surface area contributed by atoms with Gasteiger partial charge in [-0.2, -0.15) is 0 Å². The quantitative estimate of drug-likeness (QED) is 0.198. The van der Waals surface area contributed by atoms with E-state index in [9.17, 15) is 28.8 Å². The van der Waals surface area contributed by atoms with Gasteiger partial charge in [0.25, 0.3) is 11.8 Å². The number of hydrogen-bond donors (Lipinski definition) is 4. The number of nitrogens with zero attached hydrogens (tertiary/aromatic N) is 1. The summed E-state index contributed by atoms with van der Waals surface area (Å²) >= 11 is 0. The van der Waals surface area contributed by atoms with Crippen LogP contribution in [0.2, 0.25) is 0 Å². The molecular weight excluding hydrogens is 430 g/mol. The Labute approximate surface area is 193 Å². The van der Waals surface area contributed by atoms with Crippen LogP contribution in [-0.2, 0) is 24.0 Å². The van der Waals surface area contributed by atoms with Crippen molar-refractivity contribution in [3.05, 3.63) is 12.2 Å². The molecule has 11 heteroatoms. The summed E-state index contributed by atoms with van der Waals surface area (Å²) in [6, 6.07) is -2.18. The summed E-state index contributed by atoms with van der Waals surface area (Å²) in [7, 11) is 0. The van der Waals surface area contributed by atoms with E-state index in [0.29, 0.717) is 38.6 Å². The molecule has 6 amide bonds. The van der Waals surface area contributed by atoms with Crippen molar-refractivity contribution in [2.45, 2.75) is 71.4 Å². The van der Waals surface area contributed by atoms with Crippen molar-refractivity contribution in [3.63, 3.8) is 0 Å². The molecule has 0 saturated carbocycles. The molecule has 184 valence electrons. The predicted molar refractivity (Wildman–Crippen MR) is 121 cm³/mol. The molecule has 0 fully saturated rings. The lowest BCUT2D eigenvalue weighted by Crippen LogP contribution is -2.53. The topological polar surface area (TPSA) is 168 Å². The first kappa shape index (κ1) is 27.8. The zero-order valence-electron chi connectivity index (χ0n) is 19.5. The molecule has 11 nitrogen and oxygen atoms in total. The molecular formula is C22H35N5O6. The maximum absolute atomic E-state index is 12.7. The van der Waals surface area contributed by atoms with Crippen LogP contribution in [-0.4, -0.2) is 65.5 Å². The molecule has 0 aromatic carbocycles. The number of imide groups is 1. The summed E-state index contributed by atoms with van der Waals surface area (Å²) < 4.78 is 0. The van der Waals surface area contributed by atoms with E-state index in [0.717, 1.165) is 4.90 Å². The minimum atomic E-state index is -0.797. The highest BCUT2D eigenvalue weighted by Crippen LogP contribution is 2.09. The van der Waals surface area contributed by atoms with Crippen LogP contribution in [0.5, 0.6) is 0 Å². The highest BCUT2D eigenvalue weighted by atomic mass is 16.2. The smallest absolute Gasteiger partial charge is 0.312 e. The summed E-state index contributed by atoms with van der Waals surface area (Å²) in [5, 5.41) is 7.84. The third kappa shape index (κ3) is 10.3. The summed E-state index contributed by atoms with van der Waals surface area (Å²) in [5.41, 5.74) is 5.00. The molecule has 2 atom stereocenters. The highest BCUT2D eigenvalue weighted by Gasteiger charge is 2.27. The number of carbonyl (C=O) groups excluding carboxylic acids is 6. The lowest BCUT2D eigenvalue weighted by Gasteiger charge is -2.24. The van der Waals surface area contributed by atoms with Gasteiger partial charge in [0.2, 0.25) is 11.8 Å². The van der Waals surface area contributed by atoms with Crippen LogP contribution in [0.1, 0.15) is 59.3 Å². The van der Waals surface area contributed by atoms with Gasteiger partial charge in [-0.1, -0.05) is 20.3 Å². The number of nitrogens with two attached hydrogens (primary N) is 1. The number of urea groups is 1. The van der Waals surface area contributed by atoms with Crippen LogP contribution in [0.4, 0.5) is 4.79 Å². The zero-order chi connectivity index (χ0) is 25.0. The molecule has 0 bridgehead atoms. The van der Waals surface area contributed by atoms with Gasteiger partial charge >= 0.3 is 6.03 Å². The fourth-order valence-corrected chi connectivity index (χ4v) is 3.32. The van der Waals surface area contributed by atoms with Gasteiger partial charge in [-0.05, 0) is 38.5 Å². The molecule has 1 rings (SSSR count). The average Bonchev–Trinajstić information content (AvgIpc) is 3.05. The van der Waals surface area contributed by atoms with Crippen molar-refractivity contribution >= 4 is 35.4 Å². The second-order valence-electron chi connectivity index (χ2n) is 8.37. The monoisotopic (exact) mass is 465 g/mol. The van der Waals surface area contributed by atoms with E-state index >= 15 is 0 Å². The van der Waals surface area contributed by atoms with Crippen molar-refractivity contribution in [3.8, 4) is 0 Å². The van der Waals surface area contributed by atoms with Crippen molar-refractivity contribution in [1.29, 1.82) is 0 Å². The molecule has 1 aliphatic heterocycles. The number of nitrogens with one attached hydrogen (secondary N) is 3. The summed E-state index contributed by atoms with van der Waals surface area (Å²) in [6.07, 6.45) is 5.24. The Morgan fingerprint density at radius 3 is 2.15 bits per heavy atom. The van der Waals surface area contributed by atoms with Crippen molar-refractivity contribution in [2.24, 2.45) is 11.7 Å². The lowest BCUT2D eigenvalue weighted by molar-refractivity contribution is -0.137. The van der Waals surface area contributed by atoms with E-state index in [1.165, 1.54) is 19.1 Å². The van der Waals surface area contributed by atoms with Gasteiger partial charge in [-0.3, -0.25) is 28.9 Å². The van der Waals surface area contributed by atoms with Crippen LogP contribution < -0.4 is 21.7 Å². The van der Waals surface area contributed by atoms with Crippen LogP contribution in [0, 0.1) is 5.92 Å². The van der Waals surface area contributed by atoms with Gasteiger partial charge in [0.05, 0.1) is 6.04 Å². The lowest BCUT2D eigenvalue weighted by atomic mass is 10.0. The van der Waals surface area contributed by atoms with Gasteiger partial charge in [-0.15, -0.1) is 0 Å². The summed E-state index contributed by atoms with van der Waals surface area (Å²) in [5.74, 6) is -1.80. The molecule has 1 aliphatic rings. The Kier molecular flexibility index (Phi) is 11.8. The number of hydrogen-bond acceptors (Lipinski definition) is 6. The largest absolute Gasteiger partial charge is 0.352 e. The van der Waals surface area contributed by atoms with Crippen LogP contribution in [0.3, 0.4) is 0 Å². The molecule has 0 spiro atoms. The SMILES string of the molecule is CC(=O)C(CCCNC(N)=O)NC(=O)C(NC(=O)CCCCCN1C(=O)C=CC1=O)C(C)C. The van der Waals surface area contributed by atoms with E-state index in [2.05, 4.69) is 16.0 Å². The Morgan fingerprint density at radius 2 is 1.61 bits per heavy atom. The maximum atomic E-state index is 12.7.